The van der Waals surface area contributed by atoms with Crippen molar-refractivity contribution in [1.82, 2.24) is 3.97 Å². The zero-order chi connectivity index (χ0) is 20.4. The van der Waals surface area contributed by atoms with Crippen molar-refractivity contribution in [3.8, 4) is 5.75 Å². The maximum atomic E-state index is 14.5. The van der Waals surface area contributed by atoms with Gasteiger partial charge in [-0.15, -0.1) is 0 Å². The number of halogens is 1. The molecule has 5 rings (SSSR count). The second kappa shape index (κ2) is 7.03. The van der Waals surface area contributed by atoms with Crippen LogP contribution in [0.2, 0.25) is 0 Å². The van der Waals surface area contributed by atoms with Gasteiger partial charge in [-0.2, -0.15) is 4.39 Å². The van der Waals surface area contributed by atoms with E-state index in [2.05, 4.69) is 26.7 Å². The molecule has 1 heterocycles. The van der Waals surface area contributed by atoms with Crippen LogP contribution in [0.15, 0.2) is 17.1 Å². The van der Waals surface area contributed by atoms with E-state index in [1.54, 1.807) is 6.07 Å². The Morgan fingerprint density at radius 3 is 2.66 bits per heavy atom. The molecule has 1 aromatic heterocycles. The first-order chi connectivity index (χ1) is 13.8. The molecule has 3 nitrogen and oxygen atoms in total. The molecule has 0 radical (unpaired) electrons. The number of pyridine rings is 1. The van der Waals surface area contributed by atoms with Crippen molar-refractivity contribution in [2.24, 2.45) is 34.5 Å². The number of hydrogen-bond donors (Lipinski definition) is 1. The second-order valence-corrected chi connectivity index (χ2v) is 11.2. The van der Waals surface area contributed by atoms with Crippen molar-refractivity contribution in [2.45, 2.75) is 84.2 Å². The minimum atomic E-state index is -0.821. The van der Waals surface area contributed by atoms with Crippen LogP contribution in [0.5, 0.6) is 5.75 Å². The highest BCUT2D eigenvalue weighted by Crippen LogP contribution is 2.66. The number of ether oxygens (including phenoxy) is 1. The summed E-state index contributed by atoms with van der Waals surface area (Å²) in [5, 5.41) is 0. The number of rotatable bonds is 2. The molecule has 160 valence electrons. The first-order valence-corrected chi connectivity index (χ1v) is 12.0. The molecule has 29 heavy (non-hydrogen) atoms. The zero-order valence-electron chi connectivity index (χ0n) is 17.7. The summed E-state index contributed by atoms with van der Waals surface area (Å²) in [6, 6.07) is 1.54. The smallest absolute Gasteiger partial charge is 0.300 e. The lowest BCUT2D eigenvalue weighted by atomic mass is 9.45. The first-order valence-electron chi connectivity index (χ1n) is 11.6. The summed E-state index contributed by atoms with van der Waals surface area (Å²) in [5.41, 5.74) is -0.121. The van der Waals surface area contributed by atoms with Gasteiger partial charge in [-0.1, -0.05) is 39.5 Å². The predicted molar refractivity (Wildman–Crippen MR) is 116 cm³/mol. The molecule has 7 atom stereocenters. The molecule has 0 bridgehead atoms. The number of nitrogens with zero attached hydrogens (tertiary/aromatic N) is 1. The monoisotopic (exact) mass is 419 g/mol. The molecule has 0 aliphatic heterocycles. The van der Waals surface area contributed by atoms with Gasteiger partial charge in [0.2, 0.25) is 5.82 Å². The predicted octanol–water partition coefficient (Wildman–Crippen LogP) is 5.86. The minimum Gasteiger partial charge on any atom is -0.486 e. The van der Waals surface area contributed by atoms with E-state index in [9.17, 15) is 9.18 Å². The van der Waals surface area contributed by atoms with E-state index in [1.165, 1.54) is 57.6 Å². The van der Waals surface area contributed by atoms with Crippen molar-refractivity contribution in [3.05, 3.63) is 28.4 Å². The van der Waals surface area contributed by atoms with Gasteiger partial charge in [-0.25, -0.2) is 0 Å². The highest BCUT2D eigenvalue weighted by molar-refractivity contribution is 7.78. The molecule has 4 saturated carbocycles. The molecule has 0 aromatic carbocycles. The molecule has 0 N–H and O–H groups in total. The average Bonchev–Trinajstić information content (AvgIpc) is 3.04. The van der Waals surface area contributed by atoms with Crippen LogP contribution in [-0.2, 0) is 0 Å². The topological polar surface area (TPSA) is 31.2 Å². The van der Waals surface area contributed by atoms with Gasteiger partial charge < -0.3 is 4.74 Å². The van der Waals surface area contributed by atoms with E-state index in [4.69, 9.17) is 4.74 Å². The standard InChI is InChI=1S/C24H34FNO2S/c1-23-12-4-3-5-15(23)6-7-16-17-8-9-20(24(17,2)13-10-18(16)23)28-19-11-14-26(29)22(27)21(19)25/h11,14-18,20,29H,3-10,12-13H2,1-2H3/t15?,16-,17-,18+,20?,23-,24-/m0/s1. The Morgan fingerprint density at radius 2 is 1.83 bits per heavy atom. The highest BCUT2D eigenvalue weighted by atomic mass is 32.1. The summed E-state index contributed by atoms with van der Waals surface area (Å²) in [4.78, 5) is 11.9. The van der Waals surface area contributed by atoms with Gasteiger partial charge in [0, 0.05) is 17.7 Å². The van der Waals surface area contributed by atoms with Crippen molar-refractivity contribution in [3.63, 3.8) is 0 Å². The molecule has 4 aliphatic carbocycles. The fourth-order valence-corrected chi connectivity index (χ4v) is 8.32. The Hall–Kier alpha value is -0.970. The van der Waals surface area contributed by atoms with Crippen molar-refractivity contribution < 1.29 is 9.13 Å². The Kier molecular flexibility index (Phi) is 4.84. The van der Waals surface area contributed by atoms with E-state index >= 15 is 0 Å². The maximum Gasteiger partial charge on any atom is 0.300 e. The highest BCUT2D eigenvalue weighted by Gasteiger charge is 2.60. The van der Waals surface area contributed by atoms with Crippen LogP contribution in [0.1, 0.15) is 78.1 Å². The third-order valence-corrected chi connectivity index (χ3v) is 10.1. The van der Waals surface area contributed by atoms with Crippen LogP contribution >= 0.6 is 12.8 Å². The quantitative estimate of drug-likeness (QED) is 0.609. The van der Waals surface area contributed by atoms with Gasteiger partial charge in [0.1, 0.15) is 6.10 Å². The van der Waals surface area contributed by atoms with Crippen molar-refractivity contribution >= 4 is 12.8 Å². The van der Waals surface area contributed by atoms with Crippen LogP contribution in [0.3, 0.4) is 0 Å². The van der Waals surface area contributed by atoms with Crippen LogP contribution in [0.4, 0.5) is 4.39 Å². The number of fused-ring (bicyclic) bond motifs is 5. The molecule has 4 fully saturated rings. The molecule has 1 aromatic rings. The average molecular weight is 420 g/mol. The van der Waals surface area contributed by atoms with Crippen LogP contribution in [0.25, 0.3) is 0 Å². The summed E-state index contributed by atoms with van der Waals surface area (Å²) in [6.45, 7) is 4.97. The third-order valence-electron chi connectivity index (χ3n) is 9.74. The Balaban J connectivity index is 1.39. The normalized spacial score (nSPS) is 43.9. The van der Waals surface area contributed by atoms with E-state index < -0.39 is 11.4 Å². The van der Waals surface area contributed by atoms with E-state index in [-0.39, 0.29) is 17.3 Å². The minimum absolute atomic E-state index is 0.00463. The largest absolute Gasteiger partial charge is 0.486 e. The molecule has 2 unspecified atom stereocenters. The van der Waals surface area contributed by atoms with Crippen LogP contribution in [-0.4, -0.2) is 10.1 Å². The van der Waals surface area contributed by atoms with Crippen LogP contribution in [0, 0.1) is 40.3 Å². The SMILES string of the molecule is C[C@]12CCCCC1CC[C@@H]1[C@H]2CC[C@]2(C)C(Oc3ccn(S)c(=O)c3F)CC[C@@H]12. The summed E-state index contributed by atoms with van der Waals surface area (Å²) in [7, 11) is 0. The first kappa shape index (κ1) is 20.0. The Labute approximate surface area is 179 Å². The molecule has 4 aliphatic rings. The van der Waals surface area contributed by atoms with E-state index in [0.717, 1.165) is 34.6 Å². The summed E-state index contributed by atoms with van der Waals surface area (Å²) >= 11 is 3.96. The third kappa shape index (κ3) is 2.93. The molecule has 0 amide bonds. The number of hydrogen-bond acceptors (Lipinski definition) is 3. The van der Waals surface area contributed by atoms with Crippen molar-refractivity contribution in [2.75, 3.05) is 0 Å². The summed E-state index contributed by atoms with van der Waals surface area (Å²) in [5.74, 6) is 2.51. The lowest BCUT2D eigenvalue weighted by Crippen LogP contribution is -2.53. The van der Waals surface area contributed by atoms with Crippen molar-refractivity contribution in [1.29, 1.82) is 0 Å². The molecule has 0 saturated heterocycles. The second-order valence-electron chi connectivity index (χ2n) is 10.8. The Bertz CT molecular complexity index is 856. The van der Waals surface area contributed by atoms with E-state index in [0.29, 0.717) is 11.3 Å². The lowest BCUT2D eigenvalue weighted by molar-refractivity contribution is -0.117. The fraction of sp³-hybridized carbons (Fsp3) is 0.792. The zero-order valence-corrected chi connectivity index (χ0v) is 18.6. The van der Waals surface area contributed by atoms with Gasteiger partial charge in [-0.05, 0) is 80.5 Å². The van der Waals surface area contributed by atoms with Gasteiger partial charge in [-0.3, -0.25) is 8.77 Å². The lowest BCUT2D eigenvalue weighted by Gasteiger charge is -2.60. The molecule has 5 heteroatoms. The van der Waals surface area contributed by atoms with Gasteiger partial charge in [0.15, 0.2) is 5.75 Å². The summed E-state index contributed by atoms with van der Waals surface area (Å²) in [6.07, 6.45) is 14.5. The number of aromatic nitrogens is 1. The molecular formula is C24H34FNO2S. The van der Waals surface area contributed by atoms with Gasteiger partial charge in [0.05, 0.1) is 0 Å². The molecular weight excluding hydrogens is 385 g/mol. The summed E-state index contributed by atoms with van der Waals surface area (Å²) < 4.78 is 21.6. The van der Waals surface area contributed by atoms with E-state index in [1.807, 2.05) is 0 Å². The maximum absolute atomic E-state index is 14.5. The number of thiol groups is 1. The van der Waals surface area contributed by atoms with Gasteiger partial charge in [0.25, 0.3) is 5.56 Å². The Morgan fingerprint density at radius 1 is 1.03 bits per heavy atom. The van der Waals surface area contributed by atoms with Gasteiger partial charge >= 0.3 is 0 Å². The molecule has 0 spiro atoms. The fourth-order valence-electron chi connectivity index (χ4n) is 8.17. The van der Waals surface area contributed by atoms with Crippen LogP contribution < -0.4 is 10.3 Å².